The van der Waals surface area contributed by atoms with Crippen molar-refractivity contribution in [2.45, 2.75) is 38.8 Å². The molecule has 1 atom stereocenters. The Hall–Kier alpha value is -0.870. The van der Waals surface area contributed by atoms with Gasteiger partial charge in [-0.05, 0) is 38.9 Å². The van der Waals surface area contributed by atoms with E-state index in [-0.39, 0.29) is 6.04 Å². The zero-order valence-electron chi connectivity index (χ0n) is 11.1. The Bertz CT molecular complexity index is 350. The largest absolute Gasteiger partial charge is 0.330 e. The summed E-state index contributed by atoms with van der Waals surface area (Å²) in [6.07, 6.45) is 6.28. The molecule has 17 heavy (non-hydrogen) atoms. The van der Waals surface area contributed by atoms with E-state index in [1.165, 1.54) is 31.6 Å². The van der Waals surface area contributed by atoms with E-state index in [1.807, 2.05) is 12.5 Å². The molecule has 1 aliphatic rings. The molecule has 1 aromatic rings. The molecule has 4 nitrogen and oxygen atoms in total. The first-order chi connectivity index (χ1) is 8.09. The van der Waals surface area contributed by atoms with Crippen molar-refractivity contribution in [3.8, 4) is 0 Å². The van der Waals surface area contributed by atoms with Crippen LogP contribution < -0.4 is 5.73 Å². The normalized spacial score (nSPS) is 21.0. The summed E-state index contributed by atoms with van der Waals surface area (Å²) in [6, 6.07) is 0.672. The predicted molar refractivity (Wildman–Crippen MR) is 69.8 cm³/mol. The van der Waals surface area contributed by atoms with Crippen LogP contribution in [0.2, 0.25) is 0 Å². The minimum atomic E-state index is 0.0946. The van der Waals surface area contributed by atoms with Crippen molar-refractivity contribution in [3.05, 3.63) is 18.2 Å². The van der Waals surface area contributed by atoms with Crippen LogP contribution in [-0.4, -0.2) is 34.6 Å². The third kappa shape index (κ3) is 2.69. The second-order valence-corrected chi connectivity index (χ2v) is 5.53. The van der Waals surface area contributed by atoms with Crippen LogP contribution in [0.4, 0.5) is 0 Å². The van der Waals surface area contributed by atoms with Gasteiger partial charge in [0, 0.05) is 18.3 Å². The zero-order chi connectivity index (χ0) is 12.4. The van der Waals surface area contributed by atoms with Crippen LogP contribution in [0.1, 0.15) is 44.5 Å². The van der Waals surface area contributed by atoms with Crippen LogP contribution >= 0.6 is 0 Å². The van der Waals surface area contributed by atoms with Gasteiger partial charge in [-0.3, -0.25) is 0 Å². The molecule has 96 valence electrons. The quantitative estimate of drug-likeness (QED) is 0.870. The van der Waals surface area contributed by atoms with Gasteiger partial charge in [0.05, 0.1) is 12.0 Å². The predicted octanol–water partition coefficient (Wildman–Crippen LogP) is 1.81. The fraction of sp³-hybridized carbons (Fsp3) is 0.769. The van der Waals surface area contributed by atoms with Gasteiger partial charge < -0.3 is 15.2 Å². The van der Waals surface area contributed by atoms with Gasteiger partial charge in [-0.2, -0.15) is 0 Å². The SMILES string of the molecule is CC(C)C(N)c1cncn1C1CCN(C)CC1. The van der Waals surface area contributed by atoms with Crippen molar-refractivity contribution in [2.75, 3.05) is 20.1 Å². The Morgan fingerprint density at radius 1 is 1.35 bits per heavy atom. The number of piperidine rings is 1. The Morgan fingerprint density at radius 3 is 2.59 bits per heavy atom. The van der Waals surface area contributed by atoms with Crippen LogP contribution in [0, 0.1) is 5.92 Å². The Kier molecular flexibility index (Phi) is 3.84. The number of aromatic nitrogens is 2. The van der Waals surface area contributed by atoms with Crippen molar-refractivity contribution in [2.24, 2.45) is 11.7 Å². The molecule has 2 rings (SSSR count). The lowest BCUT2D eigenvalue weighted by Gasteiger charge is -2.32. The molecule has 1 aliphatic heterocycles. The van der Waals surface area contributed by atoms with Crippen molar-refractivity contribution in [3.63, 3.8) is 0 Å². The van der Waals surface area contributed by atoms with Gasteiger partial charge in [0.15, 0.2) is 0 Å². The smallest absolute Gasteiger partial charge is 0.0951 e. The highest BCUT2D eigenvalue weighted by molar-refractivity contribution is 5.07. The maximum atomic E-state index is 6.25. The van der Waals surface area contributed by atoms with E-state index in [9.17, 15) is 0 Å². The third-order valence-corrected chi connectivity index (χ3v) is 3.84. The third-order valence-electron chi connectivity index (χ3n) is 3.84. The molecule has 0 radical (unpaired) electrons. The minimum absolute atomic E-state index is 0.0946. The second kappa shape index (κ2) is 5.19. The number of hydrogen-bond donors (Lipinski definition) is 1. The molecule has 0 amide bonds. The molecule has 1 fully saturated rings. The lowest BCUT2D eigenvalue weighted by Crippen LogP contribution is -2.32. The highest BCUT2D eigenvalue weighted by Crippen LogP contribution is 2.27. The van der Waals surface area contributed by atoms with Crippen molar-refractivity contribution in [1.82, 2.24) is 14.5 Å². The van der Waals surface area contributed by atoms with E-state index in [0.717, 1.165) is 0 Å². The van der Waals surface area contributed by atoms with Crippen LogP contribution in [0.15, 0.2) is 12.5 Å². The van der Waals surface area contributed by atoms with E-state index in [4.69, 9.17) is 5.73 Å². The van der Waals surface area contributed by atoms with Crippen molar-refractivity contribution < 1.29 is 0 Å². The van der Waals surface area contributed by atoms with Crippen LogP contribution in [0.5, 0.6) is 0 Å². The maximum Gasteiger partial charge on any atom is 0.0951 e. The molecular formula is C13H24N4. The number of likely N-dealkylation sites (tertiary alicyclic amines) is 1. The van der Waals surface area contributed by atoms with Crippen LogP contribution in [0.3, 0.4) is 0 Å². The van der Waals surface area contributed by atoms with Gasteiger partial charge >= 0.3 is 0 Å². The lowest BCUT2D eigenvalue weighted by molar-refractivity contribution is 0.217. The van der Waals surface area contributed by atoms with Crippen molar-refractivity contribution >= 4 is 0 Å². The number of nitrogens with two attached hydrogens (primary N) is 1. The number of rotatable bonds is 3. The molecule has 1 unspecified atom stereocenters. The van der Waals surface area contributed by atoms with Crippen LogP contribution in [0.25, 0.3) is 0 Å². The Labute approximate surface area is 104 Å². The molecule has 4 heteroatoms. The lowest BCUT2D eigenvalue weighted by atomic mass is 10.00. The van der Waals surface area contributed by atoms with Gasteiger partial charge in [-0.25, -0.2) is 4.98 Å². The number of imidazole rings is 1. The average Bonchev–Trinajstić information content (AvgIpc) is 2.77. The first kappa shape index (κ1) is 12.6. The van der Waals surface area contributed by atoms with Crippen molar-refractivity contribution in [1.29, 1.82) is 0 Å². The molecule has 0 aliphatic carbocycles. The van der Waals surface area contributed by atoms with Crippen LogP contribution in [-0.2, 0) is 0 Å². The summed E-state index contributed by atoms with van der Waals surface area (Å²) in [7, 11) is 2.19. The van der Waals surface area contributed by atoms with Gasteiger partial charge in [0.1, 0.15) is 0 Å². The summed E-state index contributed by atoms with van der Waals surface area (Å²) in [5.41, 5.74) is 7.44. The highest BCUT2D eigenvalue weighted by Gasteiger charge is 2.23. The summed E-state index contributed by atoms with van der Waals surface area (Å²) in [6.45, 7) is 6.66. The van der Waals surface area contributed by atoms with Gasteiger partial charge in [-0.1, -0.05) is 13.8 Å². The van der Waals surface area contributed by atoms with E-state index >= 15 is 0 Å². The summed E-state index contributed by atoms with van der Waals surface area (Å²) in [4.78, 5) is 6.67. The Morgan fingerprint density at radius 2 is 2.00 bits per heavy atom. The monoisotopic (exact) mass is 236 g/mol. The molecule has 1 aromatic heterocycles. The summed E-state index contributed by atoms with van der Waals surface area (Å²) >= 11 is 0. The van der Waals surface area contributed by atoms with Gasteiger partial charge in [-0.15, -0.1) is 0 Å². The molecule has 0 saturated carbocycles. The Balaban J connectivity index is 2.13. The van der Waals surface area contributed by atoms with E-state index in [2.05, 4.69) is 35.3 Å². The fourth-order valence-corrected chi connectivity index (χ4v) is 2.49. The molecule has 2 heterocycles. The average molecular weight is 236 g/mol. The molecule has 1 saturated heterocycles. The molecular weight excluding hydrogens is 212 g/mol. The maximum absolute atomic E-state index is 6.25. The number of hydrogen-bond acceptors (Lipinski definition) is 3. The second-order valence-electron chi connectivity index (χ2n) is 5.53. The number of nitrogens with zero attached hydrogens (tertiary/aromatic N) is 3. The van der Waals surface area contributed by atoms with Gasteiger partial charge in [0.25, 0.3) is 0 Å². The molecule has 2 N–H and O–H groups in total. The van der Waals surface area contributed by atoms with E-state index in [1.54, 1.807) is 0 Å². The van der Waals surface area contributed by atoms with E-state index in [0.29, 0.717) is 12.0 Å². The summed E-state index contributed by atoms with van der Waals surface area (Å²) in [5.74, 6) is 0.455. The molecule has 0 aromatic carbocycles. The topological polar surface area (TPSA) is 47.1 Å². The molecule has 0 spiro atoms. The standard InChI is InChI=1S/C13H24N4/c1-10(2)13(14)12-8-15-9-17(12)11-4-6-16(3)7-5-11/h8-11,13H,4-7,14H2,1-3H3. The minimum Gasteiger partial charge on any atom is -0.330 e. The zero-order valence-corrected chi connectivity index (χ0v) is 11.1. The fourth-order valence-electron chi connectivity index (χ4n) is 2.49. The summed E-state index contributed by atoms with van der Waals surface area (Å²) < 4.78 is 2.30. The first-order valence-electron chi connectivity index (χ1n) is 6.55. The highest BCUT2D eigenvalue weighted by atomic mass is 15.1. The van der Waals surface area contributed by atoms with E-state index < -0.39 is 0 Å². The van der Waals surface area contributed by atoms with Gasteiger partial charge in [0.2, 0.25) is 0 Å². The molecule has 0 bridgehead atoms. The first-order valence-corrected chi connectivity index (χ1v) is 6.55. The summed E-state index contributed by atoms with van der Waals surface area (Å²) in [5, 5.41) is 0.